The van der Waals surface area contributed by atoms with Gasteiger partial charge >= 0.3 is 0 Å². The fourth-order valence-corrected chi connectivity index (χ4v) is 2.65. The molecule has 0 bridgehead atoms. The Labute approximate surface area is 101 Å². The second-order valence-corrected chi connectivity index (χ2v) is 4.74. The number of nitrogens with one attached hydrogen (secondary N) is 1. The summed E-state index contributed by atoms with van der Waals surface area (Å²) in [7, 11) is 0. The third kappa shape index (κ3) is 2.29. The number of hydrogen-bond donors (Lipinski definition) is 1. The topological polar surface area (TPSA) is 58.6 Å². The highest BCUT2D eigenvalue weighted by Gasteiger charge is 2.41. The number of amides is 2. The maximum absolute atomic E-state index is 12.2. The Morgan fingerprint density at radius 3 is 2.59 bits per heavy atom. The third-order valence-corrected chi connectivity index (χ3v) is 3.59. The van der Waals surface area contributed by atoms with Gasteiger partial charge in [-0.1, -0.05) is 6.92 Å². The normalized spacial score (nSPS) is 31.5. The lowest BCUT2D eigenvalue weighted by Crippen LogP contribution is -2.65. The molecule has 2 aliphatic heterocycles. The Bertz CT molecular complexity index is 313. The van der Waals surface area contributed by atoms with Gasteiger partial charge in [0.2, 0.25) is 11.8 Å². The Morgan fingerprint density at radius 1 is 1.35 bits per heavy atom. The molecule has 0 aromatic rings. The molecule has 2 amide bonds. The van der Waals surface area contributed by atoms with Crippen LogP contribution in [0.1, 0.15) is 33.1 Å². The number of ether oxygens (including phenoxy) is 1. The van der Waals surface area contributed by atoms with Crippen LogP contribution in [-0.4, -0.2) is 48.1 Å². The monoisotopic (exact) mass is 240 g/mol. The van der Waals surface area contributed by atoms with Crippen molar-refractivity contribution in [3.05, 3.63) is 0 Å². The summed E-state index contributed by atoms with van der Waals surface area (Å²) in [5.41, 5.74) is 0. The number of piperazine rings is 1. The van der Waals surface area contributed by atoms with Gasteiger partial charge in [0.25, 0.3) is 0 Å². The maximum Gasteiger partial charge on any atom is 0.245 e. The average molecular weight is 240 g/mol. The number of carbonyl (C=O) groups excluding carboxylic acids is 2. The van der Waals surface area contributed by atoms with Crippen molar-refractivity contribution >= 4 is 11.8 Å². The van der Waals surface area contributed by atoms with Crippen molar-refractivity contribution in [1.82, 2.24) is 10.2 Å². The van der Waals surface area contributed by atoms with Crippen molar-refractivity contribution in [1.29, 1.82) is 0 Å². The highest BCUT2D eigenvalue weighted by atomic mass is 16.5. The summed E-state index contributed by atoms with van der Waals surface area (Å²) in [5, 5.41) is 2.74. The van der Waals surface area contributed by atoms with Gasteiger partial charge in [0, 0.05) is 19.3 Å². The molecule has 2 aliphatic rings. The first-order chi connectivity index (χ1) is 8.15. The molecule has 2 heterocycles. The molecule has 0 spiro atoms. The third-order valence-electron chi connectivity index (χ3n) is 3.59. The van der Waals surface area contributed by atoms with Crippen LogP contribution in [0.4, 0.5) is 0 Å². The lowest BCUT2D eigenvalue weighted by molar-refractivity contribution is -0.153. The molecule has 17 heavy (non-hydrogen) atoms. The first-order valence-electron chi connectivity index (χ1n) is 6.35. The Balaban J connectivity index is 2.18. The van der Waals surface area contributed by atoms with E-state index in [-0.39, 0.29) is 23.9 Å². The largest absolute Gasteiger partial charge is 0.381 e. The van der Waals surface area contributed by atoms with E-state index >= 15 is 0 Å². The van der Waals surface area contributed by atoms with Crippen molar-refractivity contribution in [2.24, 2.45) is 0 Å². The predicted octanol–water partition coefficient (Wildman–Crippen LogP) is 0.291. The average Bonchev–Trinajstić information content (AvgIpc) is 2.34. The molecular formula is C12H20N2O3. The fourth-order valence-electron chi connectivity index (χ4n) is 2.65. The minimum absolute atomic E-state index is 0.0221. The summed E-state index contributed by atoms with van der Waals surface area (Å²) < 4.78 is 5.31. The Kier molecular flexibility index (Phi) is 3.66. The van der Waals surface area contributed by atoms with Gasteiger partial charge in [0.05, 0.1) is 0 Å². The SMILES string of the molecule is CCC1C(=O)NC(C)C(=O)N1C1CCOCC1. The van der Waals surface area contributed by atoms with Gasteiger partial charge < -0.3 is 15.0 Å². The van der Waals surface area contributed by atoms with Crippen LogP contribution in [0.15, 0.2) is 0 Å². The zero-order chi connectivity index (χ0) is 12.4. The first kappa shape index (κ1) is 12.4. The van der Waals surface area contributed by atoms with Gasteiger partial charge in [-0.15, -0.1) is 0 Å². The van der Waals surface area contributed by atoms with Crippen molar-refractivity contribution < 1.29 is 14.3 Å². The summed E-state index contributed by atoms with van der Waals surface area (Å²) >= 11 is 0. The van der Waals surface area contributed by atoms with E-state index in [1.807, 2.05) is 6.92 Å². The van der Waals surface area contributed by atoms with E-state index in [9.17, 15) is 9.59 Å². The van der Waals surface area contributed by atoms with Crippen LogP contribution in [-0.2, 0) is 14.3 Å². The van der Waals surface area contributed by atoms with E-state index in [1.54, 1.807) is 11.8 Å². The van der Waals surface area contributed by atoms with Crippen LogP contribution >= 0.6 is 0 Å². The van der Waals surface area contributed by atoms with Gasteiger partial charge in [-0.05, 0) is 26.2 Å². The minimum atomic E-state index is -0.395. The predicted molar refractivity (Wildman–Crippen MR) is 62.4 cm³/mol. The molecular weight excluding hydrogens is 220 g/mol. The van der Waals surface area contributed by atoms with Gasteiger partial charge in [-0.25, -0.2) is 0 Å². The van der Waals surface area contributed by atoms with Crippen LogP contribution in [0, 0.1) is 0 Å². The summed E-state index contributed by atoms with van der Waals surface area (Å²) in [6.45, 7) is 5.06. The number of carbonyl (C=O) groups is 2. The fraction of sp³-hybridized carbons (Fsp3) is 0.833. The second kappa shape index (κ2) is 5.04. The van der Waals surface area contributed by atoms with Crippen molar-refractivity contribution in [2.45, 2.75) is 51.2 Å². The maximum atomic E-state index is 12.2. The lowest BCUT2D eigenvalue weighted by Gasteiger charge is -2.43. The zero-order valence-corrected chi connectivity index (χ0v) is 10.4. The first-order valence-corrected chi connectivity index (χ1v) is 6.35. The van der Waals surface area contributed by atoms with Gasteiger partial charge in [0.15, 0.2) is 0 Å². The molecule has 2 rings (SSSR count). The molecule has 0 saturated carbocycles. The highest BCUT2D eigenvalue weighted by molar-refractivity contribution is 5.96. The van der Waals surface area contributed by atoms with Crippen LogP contribution < -0.4 is 5.32 Å². The Morgan fingerprint density at radius 2 is 2.00 bits per heavy atom. The highest BCUT2D eigenvalue weighted by Crippen LogP contribution is 2.22. The molecule has 2 fully saturated rings. The van der Waals surface area contributed by atoms with Crippen LogP contribution in [0.25, 0.3) is 0 Å². The van der Waals surface area contributed by atoms with Crippen molar-refractivity contribution in [3.63, 3.8) is 0 Å². The molecule has 96 valence electrons. The summed E-state index contributed by atoms with van der Waals surface area (Å²) in [6.07, 6.45) is 2.34. The Hall–Kier alpha value is -1.10. The molecule has 2 saturated heterocycles. The van der Waals surface area contributed by atoms with E-state index in [1.165, 1.54) is 0 Å². The van der Waals surface area contributed by atoms with Gasteiger partial charge in [0.1, 0.15) is 12.1 Å². The molecule has 0 aliphatic carbocycles. The molecule has 5 heteroatoms. The van der Waals surface area contributed by atoms with Crippen LogP contribution in [0.2, 0.25) is 0 Å². The summed E-state index contributed by atoms with van der Waals surface area (Å²) in [6, 6.07) is -0.537. The van der Waals surface area contributed by atoms with Crippen molar-refractivity contribution in [2.75, 3.05) is 13.2 Å². The van der Waals surface area contributed by atoms with E-state index in [0.29, 0.717) is 19.6 Å². The molecule has 0 aromatic heterocycles. The minimum Gasteiger partial charge on any atom is -0.381 e. The molecule has 5 nitrogen and oxygen atoms in total. The quantitative estimate of drug-likeness (QED) is 0.755. The van der Waals surface area contributed by atoms with E-state index in [4.69, 9.17) is 4.74 Å². The molecule has 2 unspecified atom stereocenters. The van der Waals surface area contributed by atoms with Crippen molar-refractivity contribution in [3.8, 4) is 0 Å². The second-order valence-electron chi connectivity index (χ2n) is 4.74. The summed E-state index contributed by atoms with van der Waals surface area (Å²) in [4.78, 5) is 25.9. The lowest BCUT2D eigenvalue weighted by atomic mass is 9.98. The number of hydrogen-bond acceptors (Lipinski definition) is 3. The standard InChI is InChI=1S/C12H20N2O3/c1-3-10-11(15)13-8(2)12(16)14(10)9-4-6-17-7-5-9/h8-10H,3-7H2,1-2H3,(H,13,15). The van der Waals surface area contributed by atoms with E-state index in [0.717, 1.165) is 12.8 Å². The molecule has 1 N–H and O–H groups in total. The molecule has 2 atom stereocenters. The molecule has 0 radical (unpaired) electrons. The molecule has 0 aromatic carbocycles. The van der Waals surface area contributed by atoms with E-state index < -0.39 is 6.04 Å². The number of nitrogens with zero attached hydrogens (tertiary/aromatic N) is 1. The van der Waals surface area contributed by atoms with Gasteiger partial charge in [-0.2, -0.15) is 0 Å². The smallest absolute Gasteiger partial charge is 0.245 e. The van der Waals surface area contributed by atoms with Gasteiger partial charge in [-0.3, -0.25) is 9.59 Å². The van der Waals surface area contributed by atoms with Crippen LogP contribution in [0.5, 0.6) is 0 Å². The summed E-state index contributed by atoms with van der Waals surface area (Å²) in [5.74, 6) is 0.0226. The zero-order valence-electron chi connectivity index (χ0n) is 10.4. The van der Waals surface area contributed by atoms with Crippen LogP contribution in [0.3, 0.4) is 0 Å². The van der Waals surface area contributed by atoms with E-state index in [2.05, 4.69) is 5.32 Å². The number of rotatable bonds is 2.